The summed E-state index contributed by atoms with van der Waals surface area (Å²) in [5.41, 5.74) is 0. The Hall–Kier alpha value is -1.71. The Morgan fingerprint density at radius 3 is 1.12 bits per heavy atom. The van der Waals surface area contributed by atoms with Crippen LogP contribution in [0.3, 0.4) is 0 Å². The third-order valence-corrected chi connectivity index (χ3v) is 7.36. The minimum absolute atomic E-state index is 0.591. The Bertz CT molecular complexity index is 670. The van der Waals surface area contributed by atoms with Crippen LogP contribution in [0.2, 0.25) is 0 Å². The highest BCUT2D eigenvalue weighted by Gasteiger charge is 2.27. The Morgan fingerprint density at radius 1 is 0.531 bits per heavy atom. The van der Waals surface area contributed by atoms with Gasteiger partial charge in [-0.1, -0.05) is 6.92 Å². The highest BCUT2D eigenvalue weighted by molar-refractivity contribution is 5.47. The molecule has 9 nitrogen and oxygen atoms in total. The first kappa shape index (κ1) is 23.4. The molecule has 32 heavy (non-hydrogen) atoms. The highest BCUT2D eigenvalue weighted by Crippen LogP contribution is 2.23. The molecule has 4 rings (SSSR count). The fraction of sp³-hybridized carbons (Fsp3) is 0.870. The number of rotatable bonds is 6. The molecule has 0 saturated carbocycles. The second-order valence-electron chi connectivity index (χ2n) is 9.89. The largest absolute Gasteiger partial charge is 0.338 e. The average molecular weight is 446 g/mol. The minimum Gasteiger partial charge on any atom is -0.338 e. The summed E-state index contributed by atoms with van der Waals surface area (Å²) in [4.78, 5) is 29.6. The van der Waals surface area contributed by atoms with Crippen LogP contribution < -0.4 is 14.7 Å². The molecule has 0 atom stereocenters. The number of aromatic nitrogens is 3. The van der Waals surface area contributed by atoms with Gasteiger partial charge < -0.3 is 19.6 Å². The van der Waals surface area contributed by atoms with Crippen molar-refractivity contribution in [2.75, 3.05) is 99.8 Å². The summed E-state index contributed by atoms with van der Waals surface area (Å²) in [7, 11) is 0. The SMILES string of the molecule is CCN1CCN(c2nc(N3CCN(C(C)C)CC3)nc(N3CCN(C(C)C)CC3)n2)CC1. The summed E-state index contributed by atoms with van der Waals surface area (Å²) in [5, 5.41) is 0. The molecule has 0 aromatic carbocycles. The first-order valence-electron chi connectivity index (χ1n) is 12.7. The van der Waals surface area contributed by atoms with E-state index >= 15 is 0 Å². The summed E-state index contributed by atoms with van der Waals surface area (Å²) in [6.07, 6.45) is 0. The van der Waals surface area contributed by atoms with Crippen LogP contribution in [0.25, 0.3) is 0 Å². The molecule has 1 aromatic heterocycles. The lowest BCUT2D eigenvalue weighted by Crippen LogP contribution is -2.51. The molecule has 0 bridgehead atoms. The number of nitrogens with zero attached hydrogens (tertiary/aromatic N) is 9. The lowest BCUT2D eigenvalue weighted by atomic mass is 10.2. The van der Waals surface area contributed by atoms with Gasteiger partial charge in [-0.2, -0.15) is 15.0 Å². The van der Waals surface area contributed by atoms with Gasteiger partial charge in [-0.3, -0.25) is 9.80 Å². The standard InChI is InChI=1S/C23H43N9/c1-6-27-7-9-30(10-8-27)21-24-22(31-15-11-28(12-16-31)19(2)3)26-23(25-21)32-17-13-29(14-18-32)20(4)5/h19-20H,6-18H2,1-5H3. The van der Waals surface area contributed by atoms with Crippen LogP contribution in [-0.4, -0.2) is 127 Å². The number of hydrogen-bond acceptors (Lipinski definition) is 9. The van der Waals surface area contributed by atoms with Crippen LogP contribution in [0.15, 0.2) is 0 Å². The topological polar surface area (TPSA) is 58.1 Å². The zero-order valence-electron chi connectivity index (χ0n) is 20.9. The summed E-state index contributed by atoms with van der Waals surface area (Å²) in [5.74, 6) is 2.58. The van der Waals surface area contributed by atoms with Crippen molar-refractivity contribution in [3.8, 4) is 0 Å². The second-order valence-corrected chi connectivity index (χ2v) is 9.89. The van der Waals surface area contributed by atoms with Crippen LogP contribution >= 0.6 is 0 Å². The normalized spacial score (nSPS) is 22.4. The Balaban J connectivity index is 1.53. The fourth-order valence-electron chi connectivity index (χ4n) is 4.91. The van der Waals surface area contributed by atoms with E-state index in [2.05, 4.69) is 64.0 Å². The van der Waals surface area contributed by atoms with Crippen LogP contribution in [0, 0.1) is 0 Å². The van der Waals surface area contributed by atoms with E-state index < -0.39 is 0 Å². The quantitative estimate of drug-likeness (QED) is 0.640. The van der Waals surface area contributed by atoms with Gasteiger partial charge >= 0.3 is 0 Å². The molecule has 9 heteroatoms. The molecule has 0 aliphatic carbocycles. The van der Waals surface area contributed by atoms with Gasteiger partial charge in [-0.25, -0.2) is 0 Å². The molecule has 4 heterocycles. The third-order valence-electron chi connectivity index (χ3n) is 7.36. The Morgan fingerprint density at radius 2 is 0.844 bits per heavy atom. The van der Waals surface area contributed by atoms with Crippen LogP contribution in [0.4, 0.5) is 17.8 Å². The second kappa shape index (κ2) is 10.5. The summed E-state index contributed by atoms with van der Waals surface area (Å²) >= 11 is 0. The monoisotopic (exact) mass is 445 g/mol. The van der Waals surface area contributed by atoms with Crippen molar-refractivity contribution >= 4 is 17.8 Å². The van der Waals surface area contributed by atoms with E-state index in [1.165, 1.54) is 0 Å². The van der Waals surface area contributed by atoms with Crippen molar-refractivity contribution in [3.63, 3.8) is 0 Å². The summed E-state index contributed by atoms with van der Waals surface area (Å²) in [6.45, 7) is 24.8. The summed E-state index contributed by atoms with van der Waals surface area (Å²) in [6, 6.07) is 1.18. The third kappa shape index (κ3) is 5.43. The molecular weight excluding hydrogens is 402 g/mol. The van der Waals surface area contributed by atoms with Gasteiger partial charge in [0, 0.05) is 90.6 Å². The maximum atomic E-state index is 5.00. The van der Waals surface area contributed by atoms with Crippen molar-refractivity contribution in [1.29, 1.82) is 0 Å². The van der Waals surface area contributed by atoms with Gasteiger partial charge in [0.25, 0.3) is 0 Å². The zero-order chi connectivity index (χ0) is 22.7. The predicted molar refractivity (Wildman–Crippen MR) is 132 cm³/mol. The smallest absolute Gasteiger partial charge is 0.232 e. The van der Waals surface area contributed by atoms with Gasteiger partial charge in [0.15, 0.2) is 0 Å². The van der Waals surface area contributed by atoms with Gasteiger partial charge in [0.2, 0.25) is 17.8 Å². The van der Waals surface area contributed by atoms with E-state index in [1.807, 2.05) is 0 Å². The van der Waals surface area contributed by atoms with Crippen molar-refractivity contribution in [2.45, 2.75) is 46.7 Å². The maximum absolute atomic E-state index is 5.00. The van der Waals surface area contributed by atoms with E-state index in [0.717, 1.165) is 103 Å². The lowest BCUT2D eigenvalue weighted by Gasteiger charge is -2.39. The minimum atomic E-state index is 0.591. The fourth-order valence-corrected chi connectivity index (χ4v) is 4.91. The molecule has 3 aliphatic heterocycles. The summed E-state index contributed by atoms with van der Waals surface area (Å²) < 4.78 is 0. The van der Waals surface area contributed by atoms with Crippen LogP contribution in [-0.2, 0) is 0 Å². The zero-order valence-corrected chi connectivity index (χ0v) is 20.9. The molecule has 0 spiro atoms. The van der Waals surface area contributed by atoms with Gasteiger partial charge in [-0.15, -0.1) is 0 Å². The molecule has 3 fully saturated rings. The Kier molecular flexibility index (Phi) is 7.68. The van der Waals surface area contributed by atoms with Crippen molar-refractivity contribution in [3.05, 3.63) is 0 Å². The van der Waals surface area contributed by atoms with Crippen molar-refractivity contribution in [2.24, 2.45) is 0 Å². The van der Waals surface area contributed by atoms with E-state index in [1.54, 1.807) is 0 Å². The van der Waals surface area contributed by atoms with E-state index in [9.17, 15) is 0 Å². The number of piperazine rings is 3. The molecule has 3 aliphatic rings. The molecule has 1 aromatic rings. The number of anilines is 3. The van der Waals surface area contributed by atoms with Crippen LogP contribution in [0.1, 0.15) is 34.6 Å². The molecule has 0 amide bonds. The average Bonchev–Trinajstić information content (AvgIpc) is 2.84. The van der Waals surface area contributed by atoms with E-state index in [4.69, 9.17) is 15.0 Å². The van der Waals surface area contributed by atoms with Crippen LogP contribution in [0.5, 0.6) is 0 Å². The number of likely N-dealkylation sites (N-methyl/N-ethyl adjacent to an activating group) is 1. The maximum Gasteiger partial charge on any atom is 0.232 e. The van der Waals surface area contributed by atoms with Crippen molar-refractivity contribution in [1.82, 2.24) is 29.7 Å². The lowest BCUT2D eigenvalue weighted by molar-refractivity contribution is 0.207. The van der Waals surface area contributed by atoms with E-state index in [-0.39, 0.29) is 0 Å². The molecule has 0 radical (unpaired) electrons. The van der Waals surface area contributed by atoms with Gasteiger partial charge in [0.1, 0.15) is 0 Å². The molecule has 0 unspecified atom stereocenters. The van der Waals surface area contributed by atoms with Gasteiger partial charge in [0.05, 0.1) is 0 Å². The first-order valence-corrected chi connectivity index (χ1v) is 12.7. The van der Waals surface area contributed by atoms with Gasteiger partial charge in [-0.05, 0) is 34.2 Å². The van der Waals surface area contributed by atoms with E-state index in [0.29, 0.717) is 12.1 Å². The molecule has 3 saturated heterocycles. The highest BCUT2D eigenvalue weighted by atomic mass is 15.4. The molecule has 0 N–H and O–H groups in total. The number of hydrogen-bond donors (Lipinski definition) is 0. The molecule has 180 valence electrons. The van der Waals surface area contributed by atoms with Crippen molar-refractivity contribution < 1.29 is 0 Å². The first-order chi connectivity index (χ1) is 15.4. The Labute approximate surface area is 194 Å². The predicted octanol–water partition coefficient (Wildman–Crippen LogP) is 1.07. The molecular formula is C23H43N9.